The van der Waals surface area contributed by atoms with Crippen LogP contribution in [0.5, 0.6) is 0 Å². The molecule has 4 rings (SSSR count). The molecule has 1 unspecified atom stereocenters. The summed E-state index contributed by atoms with van der Waals surface area (Å²) >= 11 is 1.70. The fourth-order valence-electron chi connectivity index (χ4n) is 2.43. The van der Waals surface area contributed by atoms with Crippen molar-refractivity contribution in [2.45, 2.75) is 36.2 Å². The summed E-state index contributed by atoms with van der Waals surface area (Å²) in [6.45, 7) is 2.11. The summed E-state index contributed by atoms with van der Waals surface area (Å²) in [4.78, 5) is 4.48. The van der Waals surface area contributed by atoms with Gasteiger partial charge in [0.05, 0.1) is 10.9 Å². The summed E-state index contributed by atoms with van der Waals surface area (Å²) in [6, 6.07) is 10.6. The van der Waals surface area contributed by atoms with E-state index in [0.29, 0.717) is 6.04 Å². The van der Waals surface area contributed by atoms with Crippen molar-refractivity contribution in [3.63, 3.8) is 0 Å². The third-order valence-corrected chi connectivity index (χ3v) is 4.80. The second-order valence-corrected chi connectivity index (χ2v) is 6.70. The molecule has 2 heterocycles. The number of aromatic nitrogens is 6. The number of para-hydroxylation sites is 1. The summed E-state index contributed by atoms with van der Waals surface area (Å²) < 4.78 is 4.06. The molecule has 3 aromatic rings. The van der Waals surface area contributed by atoms with Gasteiger partial charge in [0.15, 0.2) is 11.0 Å². The molecule has 1 saturated carbocycles. The maximum atomic E-state index is 4.48. The van der Waals surface area contributed by atoms with Gasteiger partial charge in [-0.2, -0.15) is 4.68 Å². The summed E-state index contributed by atoms with van der Waals surface area (Å²) in [7, 11) is 0. The molecule has 22 heavy (non-hydrogen) atoms. The van der Waals surface area contributed by atoms with E-state index in [1.54, 1.807) is 16.4 Å². The van der Waals surface area contributed by atoms with E-state index in [4.69, 9.17) is 0 Å². The first-order chi connectivity index (χ1) is 10.8. The first-order valence-electron chi connectivity index (χ1n) is 7.36. The van der Waals surface area contributed by atoms with Crippen LogP contribution in [0, 0.1) is 0 Å². The lowest BCUT2D eigenvalue weighted by atomic mass is 10.3. The minimum absolute atomic E-state index is 0.120. The number of thioether (sulfide) groups is 1. The van der Waals surface area contributed by atoms with E-state index in [1.165, 1.54) is 12.8 Å². The Morgan fingerprint density at radius 3 is 2.82 bits per heavy atom. The summed E-state index contributed by atoms with van der Waals surface area (Å²) in [5.41, 5.74) is 0.973. The zero-order valence-corrected chi connectivity index (χ0v) is 13.0. The summed E-state index contributed by atoms with van der Waals surface area (Å²) in [5, 5.41) is 13.3. The van der Waals surface area contributed by atoms with Crippen molar-refractivity contribution in [2.75, 3.05) is 0 Å². The van der Waals surface area contributed by atoms with Gasteiger partial charge in [-0.05, 0) is 42.3 Å². The van der Waals surface area contributed by atoms with Crippen molar-refractivity contribution in [3.8, 4) is 5.69 Å². The molecule has 6 nitrogen and oxygen atoms in total. The molecule has 0 aliphatic heterocycles. The SMILES string of the molecule is CC(Sc1nccn1C1CC1)c1nnnn1-c1ccccc1. The third kappa shape index (κ3) is 2.52. The maximum Gasteiger partial charge on any atom is 0.169 e. The van der Waals surface area contributed by atoms with Gasteiger partial charge in [0, 0.05) is 18.4 Å². The van der Waals surface area contributed by atoms with Crippen LogP contribution in [-0.2, 0) is 0 Å². The van der Waals surface area contributed by atoms with Crippen LogP contribution in [0.1, 0.15) is 36.9 Å². The summed E-state index contributed by atoms with van der Waals surface area (Å²) in [5.74, 6) is 0.835. The van der Waals surface area contributed by atoms with Crippen LogP contribution in [0.4, 0.5) is 0 Å². The molecular weight excluding hydrogens is 296 g/mol. The van der Waals surface area contributed by atoms with Gasteiger partial charge in [0.1, 0.15) is 0 Å². The van der Waals surface area contributed by atoms with Crippen molar-refractivity contribution in [3.05, 3.63) is 48.5 Å². The Morgan fingerprint density at radius 1 is 1.23 bits per heavy atom. The monoisotopic (exact) mass is 312 g/mol. The molecule has 0 bridgehead atoms. The van der Waals surface area contributed by atoms with Crippen LogP contribution in [0.2, 0.25) is 0 Å². The Bertz CT molecular complexity index is 761. The highest BCUT2D eigenvalue weighted by atomic mass is 32.2. The van der Waals surface area contributed by atoms with E-state index < -0.39 is 0 Å². The minimum Gasteiger partial charge on any atom is -0.323 e. The van der Waals surface area contributed by atoms with Crippen molar-refractivity contribution < 1.29 is 0 Å². The second-order valence-electron chi connectivity index (χ2n) is 5.39. The molecule has 7 heteroatoms. The second kappa shape index (κ2) is 5.57. The zero-order chi connectivity index (χ0) is 14.9. The first-order valence-corrected chi connectivity index (χ1v) is 8.24. The van der Waals surface area contributed by atoms with Crippen LogP contribution in [0.3, 0.4) is 0 Å². The van der Waals surface area contributed by atoms with Crippen molar-refractivity contribution in [1.29, 1.82) is 0 Å². The molecule has 1 aromatic carbocycles. The highest BCUT2D eigenvalue weighted by Gasteiger charge is 2.27. The van der Waals surface area contributed by atoms with E-state index in [9.17, 15) is 0 Å². The lowest BCUT2D eigenvalue weighted by molar-refractivity contribution is 0.660. The first kappa shape index (κ1) is 13.5. The largest absolute Gasteiger partial charge is 0.323 e. The van der Waals surface area contributed by atoms with Gasteiger partial charge < -0.3 is 4.57 Å². The maximum absolute atomic E-state index is 4.48. The van der Waals surface area contributed by atoms with Gasteiger partial charge in [-0.15, -0.1) is 5.10 Å². The van der Waals surface area contributed by atoms with E-state index in [1.807, 2.05) is 36.5 Å². The molecule has 0 amide bonds. The van der Waals surface area contributed by atoms with Gasteiger partial charge >= 0.3 is 0 Å². The van der Waals surface area contributed by atoms with Gasteiger partial charge in [-0.3, -0.25) is 0 Å². The topological polar surface area (TPSA) is 61.4 Å². The predicted molar refractivity (Wildman–Crippen MR) is 83.9 cm³/mol. The quantitative estimate of drug-likeness (QED) is 0.678. The number of nitrogens with zero attached hydrogens (tertiary/aromatic N) is 6. The normalized spacial score (nSPS) is 15.9. The zero-order valence-electron chi connectivity index (χ0n) is 12.2. The Balaban J connectivity index is 1.60. The molecule has 2 aromatic heterocycles. The lowest BCUT2D eigenvalue weighted by Gasteiger charge is -2.12. The van der Waals surface area contributed by atoms with E-state index in [-0.39, 0.29) is 5.25 Å². The Morgan fingerprint density at radius 2 is 2.05 bits per heavy atom. The molecule has 1 aliphatic rings. The molecule has 1 fully saturated rings. The van der Waals surface area contributed by atoms with Gasteiger partial charge in [0.25, 0.3) is 0 Å². The van der Waals surface area contributed by atoms with E-state index in [0.717, 1.165) is 16.7 Å². The number of rotatable bonds is 5. The number of tetrazole rings is 1. The Labute approximate surface area is 132 Å². The van der Waals surface area contributed by atoms with Crippen molar-refractivity contribution in [1.82, 2.24) is 29.8 Å². The molecule has 0 spiro atoms. The number of imidazole rings is 1. The number of hydrogen-bond acceptors (Lipinski definition) is 5. The van der Waals surface area contributed by atoms with Gasteiger partial charge in [0.2, 0.25) is 0 Å². The lowest BCUT2D eigenvalue weighted by Crippen LogP contribution is -2.06. The Kier molecular flexibility index (Phi) is 3.42. The molecule has 0 N–H and O–H groups in total. The number of benzene rings is 1. The molecule has 1 atom stereocenters. The van der Waals surface area contributed by atoms with E-state index >= 15 is 0 Å². The molecule has 0 radical (unpaired) electrons. The third-order valence-electron chi connectivity index (χ3n) is 3.71. The predicted octanol–water partition coefficient (Wildman–Crippen LogP) is 3.05. The minimum atomic E-state index is 0.120. The van der Waals surface area contributed by atoms with Crippen LogP contribution in [0.25, 0.3) is 5.69 Å². The average Bonchev–Trinajstić information content (AvgIpc) is 3.09. The van der Waals surface area contributed by atoms with Crippen LogP contribution < -0.4 is 0 Å². The van der Waals surface area contributed by atoms with Crippen LogP contribution in [0.15, 0.2) is 47.9 Å². The number of hydrogen-bond donors (Lipinski definition) is 0. The van der Waals surface area contributed by atoms with Crippen LogP contribution in [-0.4, -0.2) is 29.8 Å². The molecule has 1 aliphatic carbocycles. The molecule has 112 valence electrons. The van der Waals surface area contributed by atoms with Gasteiger partial charge in [-0.25, -0.2) is 4.98 Å². The van der Waals surface area contributed by atoms with Crippen molar-refractivity contribution in [2.24, 2.45) is 0 Å². The standard InChI is InChI=1S/C15H16N6S/c1-11(22-15-16-9-10-20(15)12-7-8-12)14-17-18-19-21(14)13-5-3-2-4-6-13/h2-6,9-12H,7-8H2,1H3. The highest BCUT2D eigenvalue weighted by Crippen LogP contribution is 2.40. The molecule has 0 saturated heterocycles. The molecular formula is C15H16N6S. The summed E-state index contributed by atoms with van der Waals surface area (Å²) in [6.07, 6.45) is 6.43. The highest BCUT2D eigenvalue weighted by molar-refractivity contribution is 7.99. The van der Waals surface area contributed by atoms with E-state index in [2.05, 4.69) is 38.2 Å². The van der Waals surface area contributed by atoms with Crippen LogP contribution >= 0.6 is 11.8 Å². The van der Waals surface area contributed by atoms with Crippen molar-refractivity contribution >= 4 is 11.8 Å². The fourth-order valence-corrected chi connectivity index (χ4v) is 3.45. The fraction of sp³-hybridized carbons (Fsp3) is 0.333. The smallest absolute Gasteiger partial charge is 0.169 e. The average molecular weight is 312 g/mol. The Hall–Kier alpha value is -2.15. The van der Waals surface area contributed by atoms with Gasteiger partial charge in [-0.1, -0.05) is 30.0 Å².